The molecular weight excluding hydrogens is 263 g/mol. The summed E-state index contributed by atoms with van der Waals surface area (Å²) in [6.45, 7) is 0. The van der Waals surface area contributed by atoms with E-state index < -0.39 is 0 Å². The summed E-state index contributed by atoms with van der Waals surface area (Å²) in [5.41, 5.74) is 0.525. The minimum atomic E-state index is -0.133. The Bertz CT molecular complexity index is 312. The molecule has 0 aliphatic rings. The fraction of sp³-hybridized carbons (Fsp3) is 0.125. The van der Waals surface area contributed by atoms with Crippen LogP contribution in [0.15, 0.2) is 22.7 Å². The molecule has 0 aromatic heterocycles. The van der Waals surface area contributed by atoms with E-state index in [0.717, 1.165) is 4.47 Å². The van der Waals surface area contributed by atoms with Crippen molar-refractivity contribution in [3.05, 3.63) is 33.3 Å². The van der Waals surface area contributed by atoms with Crippen LogP contribution < -0.4 is 0 Å². The number of hydrogen-bond donors (Lipinski definition) is 0. The van der Waals surface area contributed by atoms with Crippen molar-refractivity contribution in [3.63, 3.8) is 0 Å². The second kappa shape index (κ2) is 4.26. The third-order valence-electron chi connectivity index (χ3n) is 1.35. The Morgan fingerprint density at radius 3 is 2.75 bits per heavy atom. The first-order valence-corrected chi connectivity index (χ1v) is 4.90. The maximum Gasteiger partial charge on any atom is 0.178 e. The Balaban J connectivity index is 3.13. The van der Waals surface area contributed by atoms with E-state index in [-0.39, 0.29) is 11.7 Å². The zero-order chi connectivity index (χ0) is 9.14. The second-order valence-electron chi connectivity index (χ2n) is 2.18. The van der Waals surface area contributed by atoms with Gasteiger partial charge in [0.2, 0.25) is 0 Å². The van der Waals surface area contributed by atoms with Crippen LogP contribution >= 0.6 is 39.1 Å². The highest BCUT2D eigenvalue weighted by Gasteiger charge is 2.08. The van der Waals surface area contributed by atoms with Gasteiger partial charge in [0.05, 0.1) is 5.88 Å². The third-order valence-corrected chi connectivity index (χ3v) is 2.52. The van der Waals surface area contributed by atoms with Crippen LogP contribution in [-0.2, 0) is 0 Å². The van der Waals surface area contributed by atoms with Gasteiger partial charge in [-0.15, -0.1) is 11.6 Å². The van der Waals surface area contributed by atoms with Gasteiger partial charge in [-0.3, -0.25) is 4.79 Å². The molecule has 0 fully saturated rings. The summed E-state index contributed by atoms with van der Waals surface area (Å²) in [6.07, 6.45) is 0. The van der Waals surface area contributed by atoms with Crippen molar-refractivity contribution >= 4 is 44.9 Å². The van der Waals surface area contributed by atoms with Crippen molar-refractivity contribution in [2.75, 3.05) is 5.88 Å². The van der Waals surface area contributed by atoms with E-state index in [1.54, 1.807) is 18.2 Å². The van der Waals surface area contributed by atoms with Crippen molar-refractivity contribution < 1.29 is 4.79 Å². The Kier molecular flexibility index (Phi) is 3.56. The maximum absolute atomic E-state index is 11.2. The quantitative estimate of drug-likeness (QED) is 0.592. The molecule has 0 spiro atoms. The molecule has 4 heteroatoms. The van der Waals surface area contributed by atoms with Crippen LogP contribution in [0.2, 0.25) is 5.02 Å². The lowest BCUT2D eigenvalue weighted by atomic mass is 10.1. The lowest BCUT2D eigenvalue weighted by Crippen LogP contribution is -2.00. The van der Waals surface area contributed by atoms with E-state index in [0.29, 0.717) is 10.6 Å². The number of hydrogen-bond acceptors (Lipinski definition) is 1. The highest BCUT2D eigenvalue weighted by molar-refractivity contribution is 9.10. The van der Waals surface area contributed by atoms with E-state index in [9.17, 15) is 4.79 Å². The molecule has 0 bridgehead atoms. The standard InChI is InChI=1S/C8H5BrCl2O/c9-7-2-1-5(11)3-6(7)8(12)4-10/h1-3H,4H2. The largest absolute Gasteiger partial charge is 0.293 e. The van der Waals surface area contributed by atoms with E-state index in [1.807, 2.05) is 0 Å². The number of alkyl halides is 1. The van der Waals surface area contributed by atoms with Gasteiger partial charge in [-0.25, -0.2) is 0 Å². The predicted octanol–water partition coefficient (Wildman–Crippen LogP) is 3.52. The van der Waals surface area contributed by atoms with Gasteiger partial charge < -0.3 is 0 Å². The molecule has 64 valence electrons. The molecule has 0 aliphatic carbocycles. The molecule has 0 aliphatic heterocycles. The summed E-state index contributed by atoms with van der Waals surface area (Å²) < 4.78 is 0.720. The molecule has 1 aromatic carbocycles. The average molecular weight is 268 g/mol. The van der Waals surface area contributed by atoms with Gasteiger partial charge in [-0.05, 0) is 18.2 Å². The Morgan fingerprint density at radius 2 is 2.17 bits per heavy atom. The number of benzene rings is 1. The first kappa shape index (κ1) is 10.0. The number of rotatable bonds is 2. The van der Waals surface area contributed by atoms with Gasteiger partial charge in [-0.2, -0.15) is 0 Å². The summed E-state index contributed by atoms with van der Waals surface area (Å²) >= 11 is 14.3. The predicted molar refractivity (Wildman–Crippen MR) is 54.2 cm³/mol. The number of Topliss-reactive ketones (excluding diaryl/α,β-unsaturated/α-hetero) is 1. The zero-order valence-electron chi connectivity index (χ0n) is 5.98. The summed E-state index contributed by atoms with van der Waals surface area (Å²) in [5, 5.41) is 0.534. The van der Waals surface area contributed by atoms with Gasteiger partial charge in [0.25, 0.3) is 0 Å². The van der Waals surface area contributed by atoms with Crippen LogP contribution in [-0.4, -0.2) is 11.7 Å². The van der Waals surface area contributed by atoms with Gasteiger partial charge in [0.15, 0.2) is 5.78 Å². The number of ketones is 1. The van der Waals surface area contributed by atoms with E-state index in [1.165, 1.54) is 0 Å². The molecule has 0 saturated heterocycles. The molecule has 0 radical (unpaired) electrons. The summed E-state index contributed by atoms with van der Waals surface area (Å²) in [6, 6.07) is 5.02. The highest BCUT2D eigenvalue weighted by Crippen LogP contribution is 2.21. The van der Waals surface area contributed by atoms with Crippen molar-refractivity contribution in [2.45, 2.75) is 0 Å². The van der Waals surface area contributed by atoms with Crippen LogP contribution in [0.4, 0.5) is 0 Å². The van der Waals surface area contributed by atoms with Gasteiger partial charge >= 0.3 is 0 Å². The van der Waals surface area contributed by atoms with E-state index >= 15 is 0 Å². The molecule has 0 N–H and O–H groups in total. The minimum absolute atomic E-state index is 0.0288. The Hall–Kier alpha value is -0.0500. The van der Waals surface area contributed by atoms with Crippen LogP contribution in [0.25, 0.3) is 0 Å². The molecule has 12 heavy (non-hydrogen) atoms. The lowest BCUT2D eigenvalue weighted by Gasteiger charge is -2.00. The summed E-state index contributed by atoms with van der Waals surface area (Å²) in [4.78, 5) is 11.2. The Labute approximate surface area is 88.8 Å². The van der Waals surface area contributed by atoms with Gasteiger partial charge in [-0.1, -0.05) is 27.5 Å². The molecule has 0 unspecified atom stereocenters. The van der Waals surface area contributed by atoms with Crippen molar-refractivity contribution in [2.24, 2.45) is 0 Å². The molecule has 0 heterocycles. The molecule has 1 nitrogen and oxygen atoms in total. The number of halogens is 3. The summed E-state index contributed by atoms with van der Waals surface area (Å²) in [7, 11) is 0. The van der Waals surface area contributed by atoms with Crippen molar-refractivity contribution in [1.29, 1.82) is 0 Å². The first-order chi connectivity index (χ1) is 5.65. The lowest BCUT2D eigenvalue weighted by molar-refractivity contribution is 0.102. The van der Waals surface area contributed by atoms with E-state index in [2.05, 4.69) is 15.9 Å². The molecule has 1 aromatic rings. The van der Waals surface area contributed by atoms with Crippen LogP contribution in [0.1, 0.15) is 10.4 Å². The van der Waals surface area contributed by atoms with Crippen LogP contribution in [0.3, 0.4) is 0 Å². The molecule has 0 atom stereocenters. The first-order valence-electron chi connectivity index (χ1n) is 3.19. The fourth-order valence-corrected chi connectivity index (χ4v) is 1.57. The highest BCUT2D eigenvalue weighted by atomic mass is 79.9. The molecule has 0 saturated carbocycles. The maximum atomic E-state index is 11.2. The molecular formula is C8H5BrCl2O. The smallest absolute Gasteiger partial charge is 0.178 e. The monoisotopic (exact) mass is 266 g/mol. The Morgan fingerprint density at radius 1 is 1.50 bits per heavy atom. The normalized spacial score (nSPS) is 9.92. The van der Waals surface area contributed by atoms with Gasteiger partial charge in [0, 0.05) is 15.1 Å². The molecule has 1 rings (SSSR count). The van der Waals surface area contributed by atoms with Crippen molar-refractivity contribution in [1.82, 2.24) is 0 Å². The fourth-order valence-electron chi connectivity index (χ4n) is 0.783. The van der Waals surface area contributed by atoms with Crippen LogP contribution in [0.5, 0.6) is 0 Å². The second-order valence-corrected chi connectivity index (χ2v) is 3.74. The zero-order valence-corrected chi connectivity index (χ0v) is 9.08. The topological polar surface area (TPSA) is 17.1 Å². The van der Waals surface area contributed by atoms with Crippen molar-refractivity contribution in [3.8, 4) is 0 Å². The van der Waals surface area contributed by atoms with Gasteiger partial charge in [0.1, 0.15) is 0 Å². The number of carbonyl (C=O) groups excluding carboxylic acids is 1. The third kappa shape index (κ3) is 2.22. The number of carbonyl (C=O) groups is 1. The molecule has 0 amide bonds. The SMILES string of the molecule is O=C(CCl)c1cc(Cl)ccc1Br. The van der Waals surface area contributed by atoms with E-state index in [4.69, 9.17) is 23.2 Å². The van der Waals surface area contributed by atoms with Crippen LogP contribution in [0, 0.1) is 0 Å². The average Bonchev–Trinajstić information content (AvgIpc) is 2.08. The summed E-state index contributed by atoms with van der Waals surface area (Å²) in [5.74, 6) is -0.162. The minimum Gasteiger partial charge on any atom is -0.293 e.